The van der Waals surface area contributed by atoms with Crippen molar-refractivity contribution in [3.05, 3.63) is 52.7 Å². The molecule has 0 saturated carbocycles. The third-order valence-corrected chi connectivity index (χ3v) is 1.99. The first-order valence-electron chi connectivity index (χ1n) is 4.16. The largest absolute Gasteiger partial charge is 0.358 e. The van der Waals surface area contributed by atoms with E-state index < -0.39 is 4.92 Å². The molecular formula is C10H8N2O2. The summed E-state index contributed by atoms with van der Waals surface area (Å²) in [5.74, 6) is 0.0381. The summed E-state index contributed by atoms with van der Waals surface area (Å²) in [5.41, 5.74) is 1.47. The molecule has 0 spiro atoms. The van der Waals surface area contributed by atoms with Crippen LogP contribution in [0.1, 0.15) is 0 Å². The van der Waals surface area contributed by atoms with E-state index in [-0.39, 0.29) is 5.82 Å². The number of nitrogens with one attached hydrogen (secondary N) is 1. The molecule has 2 aromatic rings. The standard InChI is InChI=1S/C10H8N2O2/c13-12(14)10-9(6-7-11-10)8-4-2-1-3-5-8/h1-7,11H. The van der Waals surface area contributed by atoms with Gasteiger partial charge in [-0.3, -0.25) is 0 Å². The Morgan fingerprint density at radius 2 is 1.86 bits per heavy atom. The Balaban J connectivity index is 2.52. The third kappa shape index (κ3) is 1.37. The Kier molecular flexibility index (Phi) is 2.02. The Labute approximate surface area is 80.4 Å². The summed E-state index contributed by atoms with van der Waals surface area (Å²) in [6.07, 6.45) is 1.57. The summed E-state index contributed by atoms with van der Waals surface area (Å²) in [4.78, 5) is 12.8. The SMILES string of the molecule is O=[N+]([O-])c1[nH]ccc1-c1ccccc1. The fourth-order valence-corrected chi connectivity index (χ4v) is 1.36. The molecule has 0 unspecified atom stereocenters. The fraction of sp³-hybridized carbons (Fsp3) is 0. The van der Waals surface area contributed by atoms with Gasteiger partial charge < -0.3 is 10.1 Å². The number of nitro groups is 1. The summed E-state index contributed by atoms with van der Waals surface area (Å²) in [6, 6.07) is 11.0. The topological polar surface area (TPSA) is 58.9 Å². The molecule has 0 aliphatic heterocycles. The second-order valence-corrected chi connectivity index (χ2v) is 2.86. The Bertz CT molecular complexity index is 448. The van der Waals surface area contributed by atoms with Crippen LogP contribution >= 0.6 is 0 Å². The average Bonchev–Trinajstić information content (AvgIpc) is 2.67. The van der Waals surface area contributed by atoms with Crippen molar-refractivity contribution < 1.29 is 4.92 Å². The van der Waals surface area contributed by atoms with Crippen LogP contribution in [-0.4, -0.2) is 9.91 Å². The highest BCUT2D eigenvalue weighted by Gasteiger charge is 2.13. The van der Waals surface area contributed by atoms with Crippen LogP contribution in [0.4, 0.5) is 5.82 Å². The number of rotatable bonds is 2. The number of hydrogen-bond acceptors (Lipinski definition) is 2. The minimum Gasteiger partial charge on any atom is -0.358 e. The molecule has 2 rings (SSSR count). The zero-order valence-corrected chi connectivity index (χ0v) is 7.31. The van der Waals surface area contributed by atoms with Crippen molar-refractivity contribution in [3.8, 4) is 11.1 Å². The lowest BCUT2D eigenvalue weighted by molar-refractivity contribution is -0.388. The van der Waals surface area contributed by atoms with Crippen molar-refractivity contribution in [1.82, 2.24) is 4.98 Å². The molecule has 0 aliphatic rings. The first-order chi connectivity index (χ1) is 6.79. The fourth-order valence-electron chi connectivity index (χ4n) is 1.36. The summed E-state index contributed by atoms with van der Waals surface area (Å²) in [6.45, 7) is 0. The molecule has 1 aromatic heterocycles. The number of aromatic amines is 1. The van der Waals surface area contributed by atoms with E-state index in [1.165, 1.54) is 0 Å². The lowest BCUT2D eigenvalue weighted by Gasteiger charge is -1.97. The van der Waals surface area contributed by atoms with Crippen molar-refractivity contribution in [2.24, 2.45) is 0 Å². The number of nitrogens with zero attached hydrogens (tertiary/aromatic N) is 1. The summed E-state index contributed by atoms with van der Waals surface area (Å²) in [5, 5.41) is 10.6. The lowest BCUT2D eigenvalue weighted by Crippen LogP contribution is -1.89. The molecule has 0 atom stereocenters. The predicted octanol–water partition coefficient (Wildman–Crippen LogP) is 2.59. The van der Waals surface area contributed by atoms with E-state index in [0.717, 1.165) is 5.56 Å². The van der Waals surface area contributed by atoms with Crippen LogP contribution in [-0.2, 0) is 0 Å². The molecule has 14 heavy (non-hydrogen) atoms. The second-order valence-electron chi connectivity index (χ2n) is 2.86. The zero-order chi connectivity index (χ0) is 9.97. The van der Waals surface area contributed by atoms with Crippen molar-refractivity contribution >= 4 is 5.82 Å². The molecule has 70 valence electrons. The van der Waals surface area contributed by atoms with Crippen molar-refractivity contribution in [1.29, 1.82) is 0 Å². The smallest absolute Gasteiger partial charge is 0.328 e. The number of H-pyrrole nitrogens is 1. The highest BCUT2D eigenvalue weighted by molar-refractivity contribution is 5.71. The molecule has 0 aliphatic carbocycles. The molecular weight excluding hydrogens is 180 g/mol. The van der Waals surface area contributed by atoms with Gasteiger partial charge >= 0.3 is 5.82 Å². The molecule has 4 heteroatoms. The van der Waals surface area contributed by atoms with Gasteiger partial charge in [0.25, 0.3) is 0 Å². The van der Waals surface area contributed by atoms with Gasteiger partial charge in [-0.1, -0.05) is 30.3 Å². The normalized spacial score (nSPS) is 10.0. The van der Waals surface area contributed by atoms with Crippen molar-refractivity contribution in [2.75, 3.05) is 0 Å². The maximum Gasteiger partial charge on any atom is 0.328 e. The van der Waals surface area contributed by atoms with Crippen LogP contribution in [0.15, 0.2) is 42.6 Å². The lowest BCUT2D eigenvalue weighted by atomic mass is 10.1. The number of hydrogen-bond donors (Lipinski definition) is 1. The third-order valence-electron chi connectivity index (χ3n) is 1.99. The molecule has 1 heterocycles. The van der Waals surface area contributed by atoms with E-state index in [4.69, 9.17) is 0 Å². The molecule has 1 aromatic carbocycles. The minimum absolute atomic E-state index is 0.0381. The summed E-state index contributed by atoms with van der Waals surface area (Å²) in [7, 11) is 0. The van der Waals surface area contributed by atoms with Crippen LogP contribution in [0.25, 0.3) is 11.1 Å². The molecule has 4 nitrogen and oxygen atoms in total. The van der Waals surface area contributed by atoms with Crippen molar-refractivity contribution in [3.63, 3.8) is 0 Å². The summed E-state index contributed by atoms with van der Waals surface area (Å²) < 4.78 is 0. The van der Waals surface area contributed by atoms with Crippen LogP contribution < -0.4 is 0 Å². The van der Waals surface area contributed by atoms with Gasteiger partial charge in [-0.2, -0.15) is 0 Å². The van der Waals surface area contributed by atoms with Gasteiger partial charge in [0, 0.05) is 0 Å². The number of aromatic nitrogens is 1. The van der Waals surface area contributed by atoms with Crippen LogP contribution in [0.2, 0.25) is 0 Å². The predicted molar refractivity (Wildman–Crippen MR) is 52.9 cm³/mol. The first kappa shape index (κ1) is 8.50. The van der Waals surface area contributed by atoms with E-state index in [1.54, 1.807) is 12.3 Å². The van der Waals surface area contributed by atoms with Crippen LogP contribution in [0, 0.1) is 10.1 Å². The molecule has 0 amide bonds. The average molecular weight is 188 g/mol. The maximum atomic E-state index is 10.6. The zero-order valence-electron chi connectivity index (χ0n) is 7.31. The first-order valence-corrected chi connectivity index (χ1v) is 4.16. The highest BCUT2D eigenvalue weighted by atomic mass is 16.6. The highest BCUT2D eigenvalue weighted by Crippen LogP contribution is 2.27. The van der Waals surface area contributed by atoms with Gasteiger partial charge in [-0.05, 0) is 16.6 Å². The van der Waals surface area contributed by atoms with Gasteiger partial charge in [0.2, 0.25) is 0 Å². The quantitative estimate of drug-likeness (QED) is 0.581. The van der Waals surface area contributed by atoms with E-state index in [0.29, 0.717) is 5.56 Å². The van der Waals surface area contributed by atoms with E-state index in [9.17, 15) is 10.1 Å². The molecule has 0 radical (unpaired) electrons. The van der Waals surface area contributed by atoms with Gasteiger partial charge in [0.05, 0.1) is 11.8 Å². The van der Waals surface area contributed by atoms with E-state index in [2.05, 4.69) is 4.98 Å². The van der Waals surface area contributed by atoms with Crippen LogP contribution in [0.5, 0.6) is 0 Å². The Hall–Kier alpha value is -2.10. The van der Waals surface area contributed by atoms with Crippen LogP contribution in [0.3, 0.4) is 0 Å². The second kappa shape index (κ2) is 3.33. The molecule has 0 bridgehead atoms. The van der Waals surface area contributed by atoms with Gasteiger partial charge in [0.1, 0.15) is 0 Å². The van der Waals surface area contributed by atoms with Gasteiger partial charge in [-0.15, -0.1) is 0 Å². The summed E-state index contributed by atoms with van der Waals surface area (Å²) >= 11 is 0. The molecule has 0 fully saturated rings. The molecule has 1 N–H and O–H groups in total. The van der Waals surface area contributed by atoms with E-state index >= 15 is 0 Å². The van der Waals surface area contributed by atoms with Crippen molar-refractivity contribution in [2.45, 2.75) is 0 Å². The number of benzene rings is 1. The van der Waals surface area contributed by atoms with Gasteiger partial charge in [-0.25, -0.2) is 4.98 Å². The Morgan fingerprint density at radius 1 is 1.14 bits per heavy atom. The Morgan fingerprint density at radius 3 is 2.50 bits per heavy atom. The maximum absolute atomic E-state index is 10.6. The molecule has 0 saturated heterocycles. The minimum atomic E-state index is -0.414. The van der Waals surface area contributed by atoms with Gasteiger partial charge in [0.15, 0.2) is 0 Å². The monoisotopic (exact) mass is 188 g/mol. The van der Waals surface area contributed by atoms with E-state index in [1.807, 2.05) is 30.3 Å².